The lowest BCUT2D eigenvalue weighted by Gasteiger charge is -2.41. The molecule has 0 atom stereocenters. The summed E-state index contributed by atoms with van der Waals surface area (Å²) in [4.78, 5) is 6.71. The number of nitrogens with zero attached hydrogens (tertiary/aromatic N) is 2. The summed E-state index contributed by atoms with van der Waals surface area (Å²) >= 11 is 0. The van der Waals surface area contributed by atoms with Gasteiger partial charge in [-0.25, -0.2) is 4.98 Å². The molecule has 0 aromatic carbocycles. The highest BCUT2D eigenvalue weighted by atomic mass is 15.2. The van der Waals surface area contributed by atoms with Gasteiger partial charge in [-0.2, -0.15) is 0 Å². The van der Waals surface area contributed by atoms with Gasteiger partial charge in [-0.15, -0.1) is 0 Å². The molecule has 1 aliphatic rings. The summed E-state index contributed by atoms with van der Waals surface area (Å²) in [5.74, 6) is 0.947. The van der Waals surface area contributed by atoms with E-state index in [9.17, 15) is 0 Å². The summed E-state index contributed by atoms with van der Waals surface area (Å²) in [6, 6.07) is 4.82. The van der Waals surface area contributed by atoms with E-state index in [2.05, 4.69) is 53.4 Å². The lowest BCUT2D eigenvalue weighted by Crippen LogP contribution is -2.57. The first kappa shape index (κ1) is 12.2. The molecule has 4 heteroatoms. The third-order valence-corrected chi connectivity index (χ3v) is 2.90. The van der Waals surface area contributed by atoms with Crippen molar-refractivity contribution >= 4 is 11.5 Å². The van der Waals surface area contributed by atoms with Crippen molar-refractivity contribution in [1.29, 1.82) is 0 Å². The molecule has 1 aliphatic heterocycles. The molecule has 17 heavy (non-hydrogen) atoms. The summed E-state index contributed by atoms with van der Waals surface area (Å²) in [6.45, 7) is 8.58. The van der Waals surface area contributed by atoms with Gasteiger partial charge in [0.2, 0.25) is 0 Å². The highest BCUT2D eigenvalue weighted by Crippen LogP contribution is 2.23. The Labute approximate surface area is 103 Å². The van der Waals surface area contributed by atoms with E-state index in [1.54, 1.807) is 0 Å². The van der Waals surface area contributed by atoms with Crippen molar-refractivity contribution in [3.8, 4) is 0 Å². The van der Waals surface area contributed by atoms with Crippen molar-refractivity contribution in [1.82, 2.24) is 10.3 Å². The zero-order chi connectivity index (χ0) is 12.5. The quantitative estimate of drug-likeness (QED) is 0.835. The molecule has 0 unspecified atom stereocenters. The Balaban J connectivity index is 2.03. The zero-order valence-corrected chi connectivity index (χ0v) is 11.1. The maximum absolute atomic E-state index is 4.35. The number of hydrogen-bond donors (Lipinski definition) is 2. The second-order valence-corrected chi connectivity index (χ2v) is 5.66. The van der Waals surface area contributed by atoms with Gasteiger partial charge in [0.25, 0.3) is 0 Å². The van der Waals surface area contributed by atoms with Crippen LogP contribution in [0.15, 0.2) is 18.3 Å². The minimum atomic E-state index is 0.0497. The van der Waals surface area contributed by atoms with Gasteiger partial charge in [0.15, 0.2) is 0 Å². The molecule has 0 saturated carbocycles. The number of pyridine rings is 1. The third-order valence-electron chi connectivity index (χ3n) is 2.90. The van der Waals surface area contributed by atoms with Gasteiger partial charge in [-0.3, -0.25) is 0 Å². The highest BCUT2D eigenvalue weighted by molar-refractivity contribution is 5.56. The zero-order valence-electron chi connectivity index (χ0n) is 11.1. The average molecular weight is 234 g/mol. The van der Waals surface area contributed by atoms with Gasteiger partial charge >= 0.3 is 0 Å². The normalized spacial score (nSPS) is 16.8. The number of hydrogen-bond acceptors (Lipinski definition) is 4. The molecule has 0 bridgehead atoms. The van der Waals surface area contributed by atoms with E-state index >= 15 is 0 Å². The molecule has 1 fully saturated rings. The van der Waals surface area contributed by atoms with Crippen molar-refractivity contribution in [2.24, 2.45) is 0 Å². The van der Waals surface area contributed by atoms with Crippen LogP contribution in [-0.2, 0) is 0 Å². The summed E-state index contributed by atoms with van der Waals surface area (Å²) in [6.07, 6.45) is 1.87. The van der Waals surface area contributed by atoms with E-state index in [0.29, 0.717) is 6.04 Å². The van der Waals surface area contributed by atoms with Crippen LogP contribution in [0.25, 0.3) is 0 Å². The fourth-order valence-corrected chi connectivity index (χ4v) is 1.94. The second-order valence-electron chi connectivity index (χ2n) is 5.66. The first-order valence-corrected chi connectivity index (χ1v) is 6.14. The third kappa shape index (κ3) is 3.09. The Kier molecular flexibility index (Phi) is 3.24. The van der Waals surface area contributed by atoms with E-state index < -0.39 is 0 Å². The van der Waals surface area contributed by atoms with E-state index in [-0.39, 0.29) is 5.54 Å². The average Bonchev–Trinajstić information content (AvgIpc) is 2.13. The van der Waals surface area contributed by atoms with E-state index in [4.69, 9.17) is 0 Å². The fourth-order valence-electron chi connectivity index (χ4n) is 1.94. The molecule has 0 aliphatic carbocycles. The van der Waals surface area contributed by atoms with Crippen LogP contribution in [0, 0.1) is 0 Å². The van der Waals surface area contributed by atoms with Crippen LogP contribution in [0.1, 0.15) is 20.8 Å². The number of rotatable bonds is 3. The van der Waals surface area contributed by atoms with Crippen molar-refractivity contribution < 1.29 is 0 Å². The van der Waals surface area contributed by atoms with Gasteiger partial charge < -0.3 is 15.5 Å². The summed E-state index contributed by atoms with van der Waals surface area (Å²) in [7, 11) is 2.02. The van der Waals surface area contributed by atoms with Crippen molar-refractivity contribution in [3.63, 3.8) is 0 Å². The van der Waals surface area contributed by atoms with Gasteiger partial charge in [0.1, 0.15) is 5.82 Å². The molecule has 0 spiro atoms. The standard InChI is InChI=1S/C13H22N4/c1-13(2,3)16-12-7-11(5-6-15-12)17-8-10(9-17)14-4/h5-7,10,14H,8-9H2,1-4H3,(H,15,16). The first-order chi connectivity index (χ1) is 7.98. The molecule has 94 valence electrons. The van der Waals surface area contributed by atoms with E-state index in [1.165, 1.54) is 5.69 Å². The maximum Gasteiger partial charge on any atom is 0.128 e. The number of anilines is 2. The van der Waals surface area contributed by atoms with Gasteiger partial charge in [-0.1, -0.05) is 0 Å². The largest absolute Gasteiger partial charge is 0.368 e. The molecule has 2 N–H and O–H groups in total. The van der Waals surface area contributed by atoms with Gasteiger partial charge in [0, 0.05) is 42.6 Å². The van der Waals surface area contributed by atoms with Crippen LogP contribution in [-0.4, -0.2) is 36.7 Å². The van der Waals surface area contributed by atoms with Gasteiger partial charge in [-0.05, 0) is 33.9 Å². The minimum absolute atomic E-state index is 0.0497. The number of nitrogens with one attached hydrogen (secondary N) is 2. The summed E-state index contributed by atoms with van der Waals surface area (Å²) in [5.41, 5.74) is 1.30. The Morgan fingerprint density at radius 2 is 2.06 bits per heavy atom. The van der Waals surface area contributed by atoms with Crippen LogP contribution in [0.3, 0.4) is 0 Å². The Morgan fingerprint density at radius 3 is 2.65 bits per heavy atom. The monoisotopic (exact) mass is 234 g/mol. The van der Waals surface area contributed by atoms with Crippen molar-refractivity contribution in [3.05, 3.63) is 18.3 Å². The Bertz CT molecular complexity index is 377. The van der Waals surface area contributed by atoms with Gasteiger partial charge in [0.05, 0.1) is 0 Å². The molecule has 1 saturated heterocycles. The predicted molar refractivity (Wildman–Crippen MR) is 72.7 cm³/mol. The van der Waals surface area contributed by atoms with Crippen LogP contribution in [0.5, 0.6) is 0 Å². The van der Waals surface area contributed by atoms with Crippen molar-refractivity contribution in [2.45, 2.75) is 32.4 Å². The van der Waals surface area contributed by atoms with Crippen LogP contribution in [0.4, 0.5) is 11.5 Å². The summed E-state index contributed by atoms with van der Waals surface area (Å²) in [5, 5.41) is 6.68. The molecule has 0 amide bonds. The van der Waals surface area contributed by atoms with Crippen LogP contribution in [0.2, 0.25) is 0 Å². The Hall–Kier alpha value is -1.29. The summed E-state index contributed by atoms with van der Waals surface area (Å²) < 4.78 is 0. The lowest BCUT2D eigenvalue weighted by atomic mass is 10.1. The molecular formula is C13H22N4. The SMILES string of the molecule is CNC1CN(c2ccnc(NC(C)(C)C)c2)C1. The van der Waals surface area contributed by atoms with Crippen LogP contribution < -0.4 is 15.5 Å². The van der Waals surface area contributed by atoms with E-state index in [1.807, 2.05) is 13.2 Å². The number of likely N-dealkylation sites (N-methyl/N-ethyl adjacent to an activating group) is 1. The van der Waals surface area contributed by atoms with Crippen LogP contribution >= 0.6 is 0 Å². The molecule has 1 aromatic rings. The topological polar surface area (TPSA) is 40.2 Å². The highest BCUT2D eigenvalue weighted by Gasteiger charge is 2.25. The molecule has 4 nitrogen and oxygen atoms in total. The molecule has 2 rings (SSSR count). The van der Waals surface area contributed by atoms with E-state index in [0.717, 1.165) is 18.9 Å². The lowest BCUT2D eigenvalue weighted by molar-refractivity contribution is 0.450. The maximum atomic E-state index is 4.35. The first-order valence-electron chi connectivity index (χ1n) is 6.14. The Morgan fingerprint density at radius 1 is 1.35 bits per heavy atom. The smallest absolute Gasteiger partial charge is 0.128 e. The predicted octanol–water partition coefficient (Wildman–Crippen LogP) is 1.70. The fraction of sp³-hybridized carbons (Fsp3) is 0.615. The molecule has 2 heterocycles. The second kappa shape index (κ2) is 4.53. The minimum Gasteiger partial charge on any atom is -0.368 e. The molecular weight excluding hydrogens is 212 g/mol. The molecule has 1 aromatic heterocycles. The van der Waals surface area contributed by atoms with Crippen molar-refractivity contribution in [2.75, 3.05) is 30.4 Å². The molecule has 0 radical (unpaired) electrons. The number of aromatic nitrogens is 1.